The summed E-state index contributed by atoms with van der Waals surface area (Å²) < 4.78 is 3.89. The van der Waals surface area contributed by atoms with Crippen molar-refractivity contribution in [3.8, 4) is 0 Å². The second-order valence-corrected chi connectivity index (χ2v) is 5.12. The lowest BCUT2D eigenvalue weighted by Crippen LogP contribution is -2.28. The minimum Gasteiger partial charge on any atom is -0.478 e. The highest BCUT2D eigenvalue weighted by Gasteiger charge is 2.11. The van der Waals surface area contributed by atoms with Gasteiger partial charge in [-0.15, -0.1) is 0 Å². The second kappa shape index (κ2) is 6.53. The lowest BCUT2D eigenvalue weighted by Gasteiger charge is -2.08. The van der Waals surface area contributed by atoms with Gasteiger partial charge in [-0.2, -0.15) is 10.2 Å². The number of carbonyl (C=O) groups is 2. The van der Waals surface area contributed by atoms with Gasteiger partial charge >= 0.3 is 5.97 Å². The molecular weight excluding hydrogens is 342 g/mol. The normalized spacial score (nSPS) is 10.6. The van der Waals surface area contributed by atoms with Crippen LogP contribution >= 0.6 is 15.9 Å². The molecule has 0 bridgehead atoms. The summed E-state index contributed by atoms with van der Waals surface area (Å²) in [5.74, 6) is -1.33. The molecule has 8 nitrogen and oxygen atoms in total. The average molecular weight is 356 g/mol. The number of aromatic nitrogens is 4. The number of nitrogens with one attached hydrogen (secondary N) is 1. The molecule has 0 fully saturated rings. The highest BCUT2D eigenvalue weighted by atomic mass is 79.9. The fourth-order valence-corrected chi connectivity index (χ4v) is 2.22. The van der Waals surface area contributed by atoms with Crippen LogP contribution in [0.2, 0.25) is 0 Å². The van der Waals surface area contributed by atoms with Crippen LogP contribution in [0.1, 0.15) is 23.0 Å². The van der Waals surface area contributed by atoms with E-state index in [2.05, 4.69) is 31.4 Å². The van der Waals surface area contributed by atoms with Gasteiger partial charge in [-0.25, -0.2) is 4.79 Å². The molecule has 1 amide bonds. The summed E-state index contributed by atoms with van der Waals surface area (Å²) >= 11 is 3.38. The van der Waals surface area contributed by atoms with Crippen molar-refractivity contribution < 1.29 is 14.7 Å². The molecule has 0 aliphatic carbocycles. The third-order valence-electron chi connectivity index (χ3n) is 2.84. The van der Waals surface area contributed by atoms with Crippen molar-refractivity contribution in [2.75, 3.05) is 0 Å². The number of aromatic carboxylic acids is 1. The van der Waals surface area contributed by atoms with Crippen molar-refractivity contribution in [3.63, 3.8) is 0 Å². The monoisotopic (exact) mass is 355 g/mol. The molecule has 21 heavy (non-hydrogen) atoms. The Balaban J connectivity index is 1.92. The van der Waals surface area contributed by atoms with Crippen LogP contribution in [-0.4, -0.2) is 36.5 Å². The fraction of sp³-hybridized carbons (Fsp3) is 0.333. The summed E-state index contributed by atoms with van der Waals surface area (Å²) in [4.78, 5) is 22.6. The number of nitrogens with zero attached hydrogens (tertiary/aromatic N) is 4. The van der Waals surface area contributed by atoms with Crippen LogP contribution < -0.4 is 5.32 Å². The van der Waals surface area contributed by atoms with Crippen LogP contribution in [0.3, 0.4) is 0 Å². The molecule has 9 heteroatoms. The molecule has 0 saturated heterocycles. The van der Waals surface area contributed by atoms with Crippen molar-refractivity contribution in [2.45, 2.75) is 26.6 Å². The summed E-state index contributed by atoms with van der Waals surface area (Å²) in [6.07, 6.45) is 4.20. The SMILES string of the molecule is CCn1ncc(Br)c1CNC(=O)Cn1cc(C(=O)O)cn1. The predicted molar refractivity (Wildman–Crippen MR) is 76.6 cm³/mol. The number of hydrogen-bond donors (Lipinski definition) is 2. The highest BCUT2D eigenvalue weighted by molar-refractivity contribution is 9.10. The fourth-order valence-electron chi connectivity index (χ4n) is 1.78. The van der Waals surface area contributed by atoms with E-state index in [0.29, 0.717) is 13.1 Å². The Kier molecular flexibility index (Phi) is 4.73. The quantitative estimate of drug-likeness (QED) is 0.800. The first-order valence-corrected chi connectivity index (χ1v) is 7.03. The van der Waals surface area contributed by atoms with Crippen molar-refractivity contribution >= 4 is 27.8 Å². The zero-order valence-electron chi connectivity index (χ0n) is 11.3. The Morgan fingerprint density at radius 3 is 2.76 bits per heavy atom. The molecule has 112 valence electrons. The van der Waals surface area contributed by atoms with E-state index in [9.17, 15) is 9.59 Å². The minimum atomic E-state index is -1.07. The standard InChI is InChI=1S/C12H14BrN5O3/c1-2-18-10(9(13)4-16-18)5-14-11(19)7-17-6-8(3-15-17)12(20)21/h3-4,6H,2,5,7H2,1H3,(H,14,19)(H,20,21). The predicted octanol–water partition coefficient (Wildman–Crippen LogP) is 0.877. The number of halogens is 1. The van der Waals surface area contributed by atoms with E-state index in [-0.39, 0.29) is 18.0 Å². The van der Waals surface area contributed by atoms with E-state index < -0.39 is 5.97 Å². The largest absolute Gasteiger partial charge is 0.478 e. The molecule has 0 atom stereocenters. The van der Waals surface area contributed by atoms with Crippen LogP contribution in [0, 0.1) is 0 Å². The number of hydrogen-bond acceptors (Lipinski definition) is 4. The van der Waals surface area contributed by atoms with Gasteiger partial charge < -0.3 is 10.4 Å². The van der Waals surface area contributed by atoms with E-state index in [4.69, 9.17) is 5.11 Å². The van der Waals surface area contributed by atoms with Crippen LogP contribution in [0.4, 0.5) is 0 Å². The third kappa shape index (κ3) is 3.69. The van der Waals surface area contributed by atoms with E-state index in [1.807, 2.05) is 6.92 Å². The van der Waals surface area contributed by atoms with Gasteiger partial charge in [0.05, 0.1) is 34.7 Å². The number of rotatable bonds is 6. The summed E-state index contributed by atoms with van der Waals surface area (Å²) in [5.41, 5.74) is 0.923. The Morgan fingerprint density at radius 1 is 1.38 bits per heavy atom. The molecular formula is C12H14BrN5O3. The van der Waals surface area contributed by atoms with E-state index in [1.54, 1.807) is 10.9 Å². The first-order valence-electron chi connectivity index (χ1n) is 6.24. The number of carboxylic acid groups (broad SMARTS) is 1. The Labute approximate surface area is 128 Å². The molecule has 0 aliphatic rings. The topological polar surface area (TPSA) is 102 Å². The summed E-state index contributed by atoms with van der Waals surface area (Å²) in [6, 6.07) is 0. The molecule has 2 heterocycles. The number of aryl methyl sites for hydroxylation is 1. The maximum Gasteiger partial charge on any atom is 0.338 e. The molecule has 0 aromatic carbocycles. The van der Waals surface area contributed by atoms with Gasteiger partial charge in [0.15, 0.2) is 0 Å². The number of amides is 1. The maximum absolute atomic E-state index is 11.8. The zero-order chi connectivity index (χ0) is 15.4. The minimum absolute atomic E-state index is 0.0365. The van der Waals surface area contributed by atoms with Crippen LogP contribution in [0.15, 0.2) is 23.1 Å². The maximum atomic E-state index is 11.8. The van der Waals surface area contributed by atoms with Gasteiger partial charge in [-0.3, -0.25) is 14.2 Å². The van der Waals surface area contributed by atoms with Gasteiger partial charge in [-0.1, -0.05) is 0 Å². The first kappa shape index (κ1) is 15.2. The lowest BCUT2D eigenvalue weighted by molar-refractivity contribution is -0.122. The van der Waals surface area contributed by atoms with Gasteiger partial charge in [0.1, 0.15) is 6.54 Å². The molecule has 2 N–H and O–H groups in total. The molecule has 0 spiro atoms. The smallest absolute Gasteiger partial charge is 0.338 e. The van der Waals surface area contributed by atoms with E-state index in [0.717, 1.165) is 10.2 Å². The van der Waals surface area contributed by atoms with Gasteiger partial charge in [0, 0.05) is 12.7 Å². The average Bonchev–Trinajstić information content (AvgIpc) is 3.03. The van der Waals surface area contributed by atoms with E-state index >= 15 is 0 Å². The van der Waals surface area contributed by atoms with Crippen LogP contribution in [0.25, 0.3) is 0 Å². The molecule has 0 saturated carbocycles. The lowest BCUT2D eigenvalue weighted by atomic mass is 10.4. The Hall–Kier alpha value is -2.16. The number of carbonyl (C=O) groups excluding carboxylic acids is 1. The van der Waals surface area contributed by atoms with Crippen LogP contribution in [0.5, 0.6) is 0 Å². The summed E-state index contributed by atoms with van der Waals surface area (Å²) in [6.45, 7) is 2.96. The van der Waals surface area contributed by atoms with Gasteiger partial charge in [0.25, 0.3) is 0 Å². The van der Waals surface area contributed by atoms with Crippen molar-refractivity contribution in [2.24, 2.45) is 0 Å². The van der Waals surface area contributed by atoms with Gasteiger partial charge in [-0.05, 0) is 22.9 Å². The Morgan fingerprint density at radius 2 is 2.14 bits per heavy atom. The van der Waals surface area contributed by atoms with E-state index in [1.165, 1.54) is 17.1 Å². The molecule has 2 rings (SSSR count). The zero-order valence-corrected chi connectivity index (χ0v) is 12.9. The van der Waals surface area contributed by atoms with Crippen LogP contribution in [-0.2, 0) is 24.4 Å². The van der Waals surface area contributed by atoms with Crippen molar-refractivity contribution in [1.29, 1.82) is 0 Å². The van der Waals surface area contributed by atoms with Crippen molar-refractivity contribution in [3.05, 3.63) is 34.3 Å². The molecule has 2 aromatic heterocycles. The third-order valence-corrected chi connectivity index (χ3v) is 3.50. The van der Waals surface area contributed by atoms with Gasteiger partial charge in [0.2, 0.25) is 5.91 Å². The molecule has 0 radical (unpaired) electrons. The molecule has 2 aromatic rings. The second-order valence-electron chi connectivity index (χ2n) is 4.26. The Bertz CT molecular complexity index is 664. The molecule has 0 aliphatic heterocycles. The summed E-state index contributed by atoms with van der Waals surface area (Å²) in [5, 5.41) is 19.5. The number of carboxylic acids is 1. The van der Waals surface area contributed by atoms with Crippen molar-refractivity contribution in [1.82, 2.24) is 24.9 Å². The summed E-state index contributed by atoms with van der Waals surface area (Å²) in [7, 11) is 0. The first-order chi connectivity index (χ1) is 10.0. The molecule has 0 unspecified atom stereocenters. The highest BCUT2D eigenvalue weighted by Crippen LogP contribution is 2.15.